The molecule has 1 amide bonds. The standard InChI is InChI=1S/C24H21Cl2N3O2/c1-16-7-5-13-29-23(16)28-22(17-11-12-19(25)20(26)15-17)24(29)27-21(30)10-6-14-31-18-8-3-2-4-9-18/h2-5,7-9,11-13,15H,6,10,14H2,1H3,(H,27,30). The molecular formula is C24H21Cl2N3O2. The van der Waals surface area contributed by atoms with Crippen molar-refractivity contribution in [2.75, 3.05) is 11.9 Å². The van der Waals surface area contributed by atoms with E-state index in [-0.39, 0.29) is 5.91 Å². The molecule has 0 saturated heterocycles. The van der Waals surface area contributed by atoms with E-state index in [4.69, 9.17) is 32.9 Å². The van der Waals surface area contributed by atoms with E-state index in [1.54, 1.807) is 12.1 Å². The molecule has 2 aromatic carbocycles. The Morgan fingerprint density at radius 3 is 2.65 bits per heavy atom. The lowest BCUT2D eigenvalue weighted by molar-refractivity contribution is -0.116. The van der Waals surface area contributed by atoms with Gasteiger partial charge < -0.3 is 10.1 Å². The van der Waals surface area contributed by atoms with Crippen LogP contribution in [0.2, 0.25) is 10.0 Å². The molecule has 0 radical (unpaired) electrons. The van der Waals surface area contributed by atoms with Gasteiger partial charge in [0.1, 0.15) is 22.9 Å². The van der Waals surface area contributed by atoms with Crippen molar-refractivity contribution in [2.24, 2.45) is 0 Å². The molecule has 0 bridgehead atoms. The Hall–Kier alpha value is -3.02. The lowest BCUT2D eigenvalue weighted by Gasteiger charge is -2.09. The van der Waals surface area contributed by atoms with Gasteiger partial charge in [-0.25, -0.2) is 4.98 Å². The predicted molar refractivity (Wildman–Crippen MR) is 125 cm³/mol. The Balaban J connectivity index is 1.53. The van der Waals surface area contributed by atoms with Crippen LogP contribution in [0.5, 0.6) is 5.75 Å². The summed E-state index contributed by atoms with van der Waals surface area (Å²) in [4.78, 5) is 17.5. The smallest absolute Gasteiger partial charge is 0.225 e. The summed E-state index contributed by atoms with van der Waals surface area (Å²) in [5.74, 6) is 1.29. The van der Waals surface area contributed by atoms with Crippen molar-refractivity contribution < 1.29 is 9.53 Å². The second kappa shape index (κ2) is 9.41. The van der Waals surface area contributed by atoms with Gasteiger partial charge in [0, 0.05) is 18.2 Å². The molecular weight excluding hydrogens is 433 g/mol. The van der Waals surface area contributed by atoms with Crippen LogP contribution in [-0.4, -0.2) is 21.9 Å². The van der Waals surface area contributed by atoms with Gasteiger partial charge in [-0.2, -0.15) is 0 Å². The summed E-state index contributed by atoms with van der Waals surface area (Å²) in [7, 11) is 0. The van der Waals surface area contributed by atoms with Gasteiger partial charge in [0.25, 0.3) is 0 Å². The molecule has 0 atom stereocenters. The Morgan fingerprint density at radius 2 is 1.87 bits per heavy atom. The number of amides is 1. The number of hydrogen-bond acceptors (Lipinski definition) is 3. The van der Waals surface area contributed by atoms with E-state index < -0.39 is 0 Å². The minimum absolute atomic E-state index is 0.110. The molecule has 0 saturated carbocycles. The molecule has 4 aromatic rings. The molecule has 0 spiro atoms. The fourth-order valence-electron chi connectivity index (χ4n) is 3.30. The molecule has 0 unspecified atom stereocenters. The molecule has 158 valence electrons. The number of aromatic nitrogens is 2. The van der Waals surface area contributed by atoms with Crippen LogP contribution >= 0.6 is 23.2 Å². The molecule has 7 heteroatoms. The van der Waals surface area contributed by atoms with Crippen molar-refractivity contribution >= 4 is 40.6 Å². The second-order valence-corrected chi connectivity index (χ2v) is 7.95. The summed E-state index contributed by atoms with van der Waals surface area (Å²) < 4.78 is 7.55. The first-order valence-corrected chi connectivity index (χ1v) is 10.7. The average Bonchev–Trinajstić information content (AvgIpc) is 3.14. The van der Waals surface area contributed by atoms with E-state index in [2.05, 4.69) is 5.32 Å². The minimum atomic E-state index is -0.110. The maximum Gasteiger partial charge on any atom is 0.225 e. The highest BCUT2D eigenvalue weighted by atomic mass is 35.5. The SMILES string of the molecule is Cc1cccn2c(NC(=O)CCCOc3ccccc3)c(-c3ccc(Cl)c(Cl)c3)nc12. The Kier molecular flexibility index (Phi) is 6.44. The van der Waals surface area contributed by atoms with Crippen LogP contribution in [0.1, 0.15) is 18.4 Å². The number of imidazole rings is 1. The normalized spacial score (nSPS) is 10.9. The van der Waals surface area contributed by atoms with Crippen LogP contribution < -0.4 is 10.1 Å². The zero-order valence-electron chi connectivity index (χ0n) is 16.9. The van der Waals surface area contributed by atoms with Gasteiger partial charge in [-0.05, 0) is 49.2 Å². The molecule has 1 N–H and O–H groups in total. The minimum Gasteiger partial charge on any atom is -0.494 e. The number of ether oxygens (including phenoxy) is 1. The van der Waals surface area contributed by atoms with Gasteiger partial charge in [0.05, 0.1) is 16.7 Å². The molecule has 4 rings (SSSR count). The highest BCUT2D eigenvalue weighted by Gasteiger charge is 2.18. The Bertz CT molecular complexity index is 1220. The maximum atomic E-state index is 12.7. The highest BCUT2D eigenvalue weighted by Crippen LogP contribution is 2.33. The Morgan fingerprint density at radius 1 is 1.06 bits per heavy atom. The summed E-state index contributed by atoms with van der Waals surface area (Å²) >= 11 is 12.3. The lowest BCUT2D eigenvalue weighted by atomic mass is 10.1. The largest absolute Gasteiger partial charge is 0.494 e. The first-order valence-electron chi connectivity index (χ1n) is 9.94. The van der Waals surface area contributed by atoms with Crippen LogP contribution in [0.15, 0.2) is 66.9 Å². The molecule has 5 nitrogen and oxygen atoms in total. The number of nitrogens with zero attached hydrogens (tertiary/aromatic N) is 2. The van der Waals surface area contributed by atoms with Gasteiger partial charge in [-0.3, -0.25) is 9.20 Å². The number of para-hydroxylation sites is 1. The third kappa shape index (κ3) is 4.84. The van der Waals surface area contributed by atoms with Crippen molar-refractivity contribution in [3.63, 3.8) is 0 Å². The Labute approximate surface area is 190 Å². The molecule has 0 aliphatic rings. The number of benzene rings is 2. The number of halogens is 2. The maximum absolute atomic E-state index is 12.7. The number of fused-ring (bicyclic) bond motifs is 1. The van der Waals surface area contributed by atoms with Gasteiger partial charge in [0.15, 0.2) is 0 Å². The van der Waals surface area contributed by atoms with Crippen molar-refractivity contribution in [1.29, 1.82) is 0 Å². The van der Waals surface area contributed by atoms with Crippen LogP contribution in [0.3, 0.4) is 0 Å². The molecule has 0 aliphatic heterocycles. The number of anilines is 1. The van der Waals surface area contributed by atoms with Crippen LogP contribution in [-0.2, 0) is 4.79 Å². The van der Waals surface area contributed by atoms with Crippen LogP contribution in [0.4, 0.5) is 5.82 Å². The summed E-state index contributed by atoms with van der Waals surface area (Å²) in [6.45, 7) is 2.44. The predicted octanol–water partition coefficient (Wildman–Crippen LogP) is 6.41. The van der Waals surface area contributed by atoms with E-state index in [1.165, 1.54) is 0 Å². The van der Waals surface area contributed by atoms with E-state index in [0.717, 1.165) is 22.5 Å². The zero-order chi connectivity index (χ0) is 21.8. The number of aryl methyl sites for hydroxylation is 1. The molecule has 2 aromatic heterocycles. The van der Waals surface area contributed by atoms with Crippen molar-refractivity contribution in [3.8, 4) is 17.0 Å². The topological polar surface area (TPSA) is 55.6 Å². The van der Waals surface area contributed by atoms with E-state index in [9.17, 15) is 4.79 Å². The van der Waals surface area contributed by atoms with Crippen molar-refractivity contribution in [2.45, 2.75) is 19.8 Å². The first-order chi connectivity index (χ1) is 15.0. The van der Waals surface area contributed by atoms with Gasteiger partial charge >= 0.3 is 0 Å². The van der Waals surface area contributed by atoms with Gasteiger partial charge in [-0.1, -0.05) is 53.5 Å². The third-order valence-corrected chi connectivity index (χ3v) is 5.60. The summed E-state index contributed by atoms with van der Waals surface area (Å²) in [6.07, 6.45) is 2.80. The fourth-order valence-corrected chi connectivity index (χ4v) is 3.60. The summed E-state index contributed by atoms with van der Waals surface area (Å²) in [5.41, 5.74) is 3.19. The van der Waals surface area contributed by atoms with Gasteiger partial charge in [-0.15, -0.1) is 0 Å². The molecule has 2 heterocycles. The first kappa shape index (κ1) is 21.2. The molecule has 0 aliphatic carbocycles. The number of hydrogen-bond donors (Lipinski definition) is 1. The second-order valence-electron chi connectivity index (χ2n) is 7.14. The van der Waals surface area contributed by atoms with E-state index >= 15 is 0 Å². The van der Waals surface area contributed by atoms with E-state index in [1.807, 2.05) is 66.1 Å². The average molecular weight is 454 g/mol. The number of carbonyl (C=O) groups is 1. The quantitative estimate of drug-likeness (QED) is 0.328. The van der Waals surface area contributed by atoms with E-state index in [0.29, 0.717) is 41.0 Å². The highest BCUT2D eigenvalue weighted by molar-refractivity contribution is 6.42. The van der Waals surface area contributed by atoms with Crippen molar-refractivity contribution in [3.05, 3.63) is 82.5 Å². The third-order valence-electron chi connectivity index (χ3n) is 4.86. The summed E-state index contributed by atoms with van der Waals surface area (Å²) in [5, 5.41) is 3.92. The molecule has 0 fully saturated rings. The lowest BCUT2D eigenvalue weighted by Crippen LogP contribution is -2.14. The van der Waals surface area contributed by atoms with Crippen molar-refractivity contribution in [1.82, 2.24) is 9.38 Å². The summed E-state index contributed by atoms with van der Waals surface area (Å²) in [6, 6.07) is 18.8. The molecule has 31 heavy (non-hydrogen) atoms. The fraction of sp³-hybridized carbons (Fsp3) is 0.167. The number of carbonyl (C=O) groups excluding carboxylic acids is 1. The zero-order valence-corrected chi connectivity index (χ0v) is 18.5. The monoisotopic (exact) mass is 453 g/mol. The number of rotatable bonds is 7. The number of pyridine rings is 1. The van der Waals surface area contributed by atoms with Crippen LogP contribution in [0.25, 0.3) is 16.9 Å². The number of nitrogens with one attached hydrogen (secondary N) is 1. The van der Waals surface area contributed by atoms with Crippen LogP contribution in [0, 0.1) is 6.92 Å². The van der Waals surface area contributed by atoms with Gasteiger partial charge in [0.2, 0.25) is 5.91 Å².